The van der Waals surface area contributed by atoms with Gasteiger partial charge in [0.1, 0.15) is 23.7 Å². The van der Waals surface area contributed by atoms with Gasteiger partial charge in [0.05, 0.1) is 6.54 Å². The van der Waals surface area contributed by atoms with Crippen molar-refractivity contribution in [2.24, 2.45) is 0 Å². The number of ketones is 1. The minimum Gasteiger partial charge on any atom is -0.388 e. The van der Waals surface area contributed by atoms with E-state index in [1.54, 1.807) is 31.2 Å². The maximum Gasteiger partial charge on any atom is 0.437 e. The van der Waals surface area contributed by atoms with Crippen LogP contribution in [0, 0.1) is 5.82 Å². The van der Waals surface area contributed by atoms with E-state index < -0.39 is 40.7 Å². The van der Waals surface area contributed by atoms with Crippen molar-refractivity contribution in [1.29, 1.82) is 0 Å². The zero-order valence-corrected chi connectivity index (χ0v) is 18.1. The first-order valence-electron chi connectivity index (χ1n) is 10.3. The van der Waals surface area contributed by atoms with Gasteiger partial charge in [-0.15, -0.1) is 5.10 Å². The van der Waals surface area contributed by atoms with Gasteiger partial charge in [-0.1, -0.05) is 30.3 Å². The van der Waals surface area contributed by atoms with E-state index in [1.807, 2.05) is 6.07 Å². The lowest BCUT2D eigenvalue weighted by Gasteiger charge is -2.15. The Bertz CT molecular complexity index is 1530. The molecule has 2 aromatic heterocycles. The van der Waals surface area contributed by atoms with Crippen molar-refractivity contribution in [2.45, 2.75) is 26.6 Å². The van der Waals surface area contributed by atoms with Crippen LogP contribution >= 0.6 is 0 Å². The fourth-order valence-electron chi connectivity index (χ4n) is 3.51. The van der Waals surface area contributed by atoms with E-state index in [9.17, 15) is 23.6 Å². The number of carbonyl (C=O) groups excluding carboxylic acids is 1. The molecule has 10 nitrogen and oxygen atoms in total. The first-order chi connectivity index (χ1) is 16.3. The Morgan fingerprint density at radius 1 is 1.03 bits per heavy atom. The standard InChI is InChI=1S/C23H20FN5O5/c1-2-27-21(31)18(19(25)28(22(27)32)12-14-6-4-3-5-7-14)17(30)13-29-23(33)34-20(26-29)15-8-10-16(24)11-9-15/h3-11H,2,12-13,25H2,1H3. The molecule has 0 aliphatic carbocycles. The van der Waals surface area contributed by atoms with Crippen LogP contribution in [0.2, 0.25) is 0 Å². The molecular formula is C23H20FN5O5. The van der Waals surface area contributed by atoms with Gasteiger partial charge in [0.15, 0.2) is 5.78 Å². The molecule has 4 aromatic rings. The lowest BCUT2D eigenvalue weighted by molar-refractivity contribution is 0.0962. The van der Waals surface area contributed by atoms with Gasteiger partial charge in [0, 0.05) is 12.1 Å². The average molecular weight is 465 g/mol. The number of nitrogens with zero attached hydrogens (tertiary/aromatic N) is 4. The highest BCUT2D eigenvalue weighted by Crippen LogP contribution is 2.16. The first kappa shape index (κ1) is 22.6. The van der Waals surface area contributed by atoms with Crippen LogP contribution in [0.25, 0.3) is 11.5 Å². The number of benzene rings is 2. The van der Waals surface area contributed by atoms with Gasteiger partial charge in [-0.05, 0) is 36.8 Å². The van der Waals surface area contributed by atoms with Gasteiger partial charge >= 0.3 is 11.4 Å². The number of carbonyl (C=O) groups is 1. The minimum atomic E-state index is -0.945. The number of Topliss-reactive ketones (excluding diaryl/α,β-unsaturated/α-hetero) is 1. The summed E-state index contributed by atoms with van der Waals surface area (Å²) in [6.07, 6.45) is 0. The van der Waals surface area contributed by atoms with E-state index in [0.717, 1.165) is 19.4 Å². The Balaban J connectivity index is 1.73. The molecular weight excluding hydrogens is 445 g/mol. The van der Waals surface area contributed by atoms with E-state index >= 15 is 0 Å². The molecule has 34 heavy (non-hydrogen) atoms. The maximum atomic E-state index is 13.2. The van der Waals surface area contributed by atoms with Gasteiger partial charge in [0.2, 0.25) is 5.89 Å². The summed E-state index contributed by atoms with van der Waals surface area (Å²) in [5.41, 5.74) is 5.27. The number of hydrogen-bond donors (Lipinski definition) is 1. The van der Waals surface area contributed by atoms with Crippen molar-refractivity contribution < 1.29 is 13.6 Å². The van der Waals surface area contributed by atoms with Crippen LogP contribution in [0.15, 0.2) is 73.4 Å². The topological polar surface area (TPSA) is 135 Å². The van der Waals surface area contributed by atoms with Crippen LogP contribution in [-0.4, -0.2) is 24.7 Å². The van der Waals surface area contributed by atoms with Crippen molar-refractivity contribution in [3.05, 3.63) is 103 Å². The fourth-order valence-corrected chi connectivity index (χ4v) is 3.51. The molecule has 0 fully saturated rings. The molecule has 4 rings (SSSR count). The number of rotatable bonds is 7. The van der Waals surface area contributed by atoms with Crippen molar-refractivity contribution >= 4 is 11.6 Å². The van der Waals surface area contributed by atoms with Crippen LogP contribution < -0.4 is 22.7 Å². The third kappa shape index (κ3) is 4.22. The number of anilines is 1. The van der Waals surface area contributed by atoms with Crippen molar-refractivity contribution in [1.82, 2.24) is 18.9 Å². The largest absolute Gasteiger partial charge is 0.437 e. The predicted molar refractivity (Wildman–Crippen MR) is 121 cm³/mol. The molecule has 0 saturated heterocycles. The predicted octanol–water partition coefficient (Wildman–Crippen LogP) is 1.50. The van der Waals surface area contributed by atoms with E-state index in [2.05, 4.69) is 5.10 Å². The summed E-state index contributed by atoms with van der Waals surface area (Å²) < 4.78 is 21.0. The zero-order chi connectivity index (χ0) is 24.4. The lowest BCUT2D eigenvalue weighted by Crippen LogP contribution is -2.44. The Morgan fingerprint density at radius 3 is 2.35 bits per heavy atom. The van der Waals surface area contributed by atoms with Crippen molar-refractivity contribution in [2.75, 3.05) is 5.73 Å². The molecule has 2 aromatic carbocycles. The van der Waals surface area contributed by atoms with Gasteiger partial charge in [-0.3, -0.25) is 18.7 Å². The van der Waals surface area contributed by atoms with Gasteiger partial charge < -0.3 is 10.2 Å². The summed E-state index contributed by atoms with van der Waals surface area (Å²) in [6, 6.07) is 14.0. The monoisotopic (exact) mass is 465 g/mol. The van der Waals surface area contributed by atoms with E-state index in [4.69, 9.17) is 10.2 Å². The van der Waals surface area contributed by atoms with E-state index in [0.29, 0.717) is 5.56 Å². The van der Waals surface area contributed by atoms with Crippen molar-refractivity contribution in [3.8, 4) is 11.5 Å². The number of hydrogen-bond acceptors (Lipinski definition) is 7. The molecule has 2 heterocycles. The molecule has 0 spiro atoms. The van der Waals surface area contributed by atoms with Crippen LogP contribution in [0.1, 0.15) is 22.8 Å². The summed E-state index contributed by atoms with van der Waals surface area (Å²) in [5.74, 6) is -2.66. The molecule has 0 radical (unpaired) electrons. The maximum absolute atomic E-state index is 13.2. The van der Waals surface area contributed by atoms with Gasteiger partial charge in [0.25, 0.3) is 5.56 Å². The molecule has 174 valence electrons. The molecule has 0 aliphatic rings. The molecule has 0 aliphatic heterocycles. The highest BCUT2D eigenvalue weighted by Gasteiger charge is 2.24. The lowest BCUT2D eigenvalue weighted by atomic mass is 10.1. The average Bonchev–Trinajstić information content (AvgIpc) is 3.18. The highest BCUT2D eigenvalue weighted by atomic mass is 19.1. The fraction of sp³-hybridized carbons (Fsp3) is 0.174. The molecule has 0 unspecified atom stereocenters. The zero-order valence-electron chi connectivity index (χ0n) is 18.1. The third-order valence-electron chi connectivity index (χ3n) is 5.24. The molecule has 0 saturated carbocycles. The second-order valence-corrected chi connectivity index (χ2v) is 7.42. The summed E-state index contributed by atoms with van der Waals surface area (Å²) in [5, 5.41) is 3.96. The molecule has 0 amide bonds. The van der Waals surface area contributed by atoms with Crippen LogP contribution in [0.3, 0.4) is 0 Å². The van der Waals surface area contributed by atoms with Gasteiger partial charge in [-0.2, -0.15) is 4.68 Å². The number of halogens is 1. The summed E-state index contributed by atoms with van der Waals surface area (Å²) >= 11 is 0. The number of nitrogen functional groups attached to an aromatic ring is 1. The SMILES string of the molecule is CCn1c(=O)c(C(=O)Cn2nc(-c3ccc(F)cc3)oc2=O)c(N)n(Cc2ccccc2)c1=O. The van der Waals surface area contributed by atoms with Crippen LogP contribution in [0.5, 0.6) is 0 Å². The van der Waals surface area contributed by atoms with E-state index in [-0.39, 0.29) is 24.8 Å². The van der Waals surface area contributed by atoms with Crippen molar-refractivity contribution in [3.63, 3.8) is 0 Å². The Labute approximate surface area is 191 Å². The summed E-state index contributed by atoms with van der Waals surface area (Å²) in [7, 11) is 0. The number of aromatic nitrogens is 4. The summed E-state index contributed by atoms with van der Waals surface area (Å²) in [6.45, 7) is 1.02. The number of nitrogens with two attached hydrogens (primary N) is 1. The Hall–Kier alpha value is -4.54. The second-order valence-electron chi connectivity index (χ2n) is 7.42. The quantitative estimate of drug-likeness (QED) is 0.409. The van der Waals surface area contributed by atoms with Crippen LogP contribution in [-0.2, 0) is 19.6 Å². The van der Waals surface area contributed by atoms with E-state index in [1.165, 1.54) is 24.3 Å². The minimum absolute atomic E-state index is 0.0195. The molecule has 0 bridgehead atoms. The smallest absolute Gasteiger partial charge is 0.388 e. The molecule has 0 atom stereocenters. The summed E-state index contributed by atoms with van der Waals surface area (Å²) in [4.78, 5) is 51.1. The third-order valence-corrected chi connectivity index (χ3v) is 5.24. The highest BCUT2D eigenvalue weighted by molar-refractivity contribution is 5.99. The molecule has 2 N–H and O–H groups in total. The Kier molecular flexibility index (Phi) is 6.09. The van der Waals surface area contributed by atoms with Crippen LogP contribution in [0.4, 0.5) is 10.2 Å². The normalized spacial score (nSPS) is 11.0. The second kappa shape index (κ2) is 9.14. The first-order valence-corrected chi connectivity index (χ1v) is 10.3. The van der Waals surface area contributed by atoms with Gasteiger partial charge in [-0.25, -0.2) is 14.0 Å². The Morgan fingerprint density at radius 2 is 1.71 bits per heavy atom. The molecule has 11 heteroatoms.